The number of fused-ring (bicyclic) bond motifs is 1. The Morgan fingerprint density at radius 2 is 1.93 bits per heavy atom. The topological polar surface area (TPSA) is 82.8 Å². The first-order valence-corrected chi connectivity index (χ1v) is 12.0. The summed E-state index contributed by atoms with van der Waals surface area (Å²) >= 11 is 0. The first-order chi connectivity index (χ1) is 14.3. The molecule has 1 saturated carbocycles. The number of nitriles is 1. The predicted octanol–water partition coefficient (Wildman–Crippen LogP) is 4.23. The van der Waals surface area contributed by atoms with Crippen molar-refractivity contribution in [3.8, 4) is 17.2 Å². The van der Waals surface area contributed by atoms with Gasteiger partial charge < -0.3 is 0 Å². The van der Waals surface area contributed by atoms with Gasteiger partial charge in [-0.3, -0.25) is 4.98 Å². The third-order valence-corrected chi connectivity index (χ3v) is 8.95. The Labute approximate surface area is 178 Å². The van der Waals surface area contributed by atoms with E-state index in [1.165, 1.54) is 0 Å². The predicted molar refractivity (Wildman–Crippen MR) is 119 cm³/mol. The van der Waals surface area contributed by atoms with Gasteiger partial charge >= 0.3 is 0 Å². The Kier molecular flexibility index (Phi) is 5.52. The highest BCUT2D eigenvalue weighted by Gasteiger charge is 2.52. The first-order valence-electron chi connectivity index (χ1n) is 10.5. The molecule has 1 aliphatic carbocycles. The normalized spacial score (nSPS) is 32.6. The zero-order chi connectivity index (χ0) is 21.5. The molecule has 5 nitrogen and oxygen atoms in total. The van der Waals surface area contributed by atoms with Gasteiger partial charge in [0.1, 0.15) is 0 Å². The van der Waals surface area contributed by atoms with Crippen molar-refractivity contribution in [3.63, 3.8) is 0 Å². The minimum Gasteiger partial charge on any atom is -0.256 e. The molecule has 1 aromatic carbocycles. The van der Waals surface area contributed by atoms with Crippen LogP contribution in [0.5, 0.6) is 0 Å². The maximum Gasteiger partial charge on any atom is 0.215 e. The standard InChI is InChI=1S/C24H27N3O2S/c1-15-12-23-24(17(3)27-30(23,28)29)21(16(15)2)11-10-20-9-8-19(14-26-20)22-7-5-4-6-18(22)13-25/h4-11,14-17,21,23-24,27H,12H2,1-3H3/t15-,16+,17+,21-,23+,24-/m0/s1. The third-order valence-electron chi connectivity index (χ3n) is 6.94. The fourth-order valence-electron chi connectivity index (χ4n) is 5.14. The highest BCUT2D eigenvalue weighted by Crippen LogP contribution is 2.46. The number of benzene rings is 1. The summed E-state index contributed by atoms with van der Waals surface area (Å²) in [6.45, 7) is 6.36. The van der Waals surface area contributed by atoms with Crippen molar-refractivity contribution < 1.29 is 8.42 Å². The van der Waals surface area contributed by atoms with Crippen LogP contribution in [0.3, 0.4) is 0 Å². The number of sulfonamides is 1. The molecule has 6 heteroatoms. The van der Waals surface area contributed by atoms with E-state index in [9.17, 15) is 13.7 Å². The molecule has 156 valence electrons. The molecule has 2 aromatic rings. The Balaban J connectivity index is 1.59. The summed E-state index contributed by atoms with van der Waals surface area (Å²) in [4.78, 5) is 4.56. The number of hydrogen-bond donors (Lipinski definition) is 1. The summed E-state index contributed by atoms with van der Waals surface area (Å²) in [5, 5.41) is 9.00. The molecule has 0 radical (unpaired) electrons. The summed E-state index contributed by atoms with van der Waals surface area (Å²) in [7, 11) is -3.24. The maximum atomic E-state index is 12.5. The number of nitrogens with one attached hydrogen (secondary N) is 1. The van der Waals surface area contributed by atoms with Crippen molar-refractivity contribution in [2.24, 2.45) is 23.7 Å². The second-order valence-corrected chi connectivity index (χ2v) is 10.6. The van der Waals surface area contributed by atoms with E-state index < -0.39 is 10.0 Å². The lowest BCUT2D eigenvalue weighted by Gasteiger charge is -2.41. The molecular formula is C24H27N3O2S. The van der Waals surface area contributed by atoms with Crippen LogP contribution in [-0.2, 0) is 10.0 Å². The SMILES string of the molecule is C[C@H]1[C@H](C=Cc2ccc(-c3ccccc3C#N)cn2)[C@H]2[C@@H](C[C@@H]1C)S(=O)(=O)N[C@@H]2C. The molecule has 0 unspecified atom stereocenters. The van der Waals surface area contributed by atoms with Crippen LogP contribution in [0.15, 0.2) is 48.7 Å². The van der Waals surface area contributed by atoms with Gasteiger partial charge in [-0.05, 0) is 55.2 Å². The van der Waals surface area contributed by atoms with Crippen LogP contribution in [-0.4, -0.2) is 24.7 Å². The van der Waals surface area contributed by atoms with Gasteiger partial charge in [-0.1, -0.05) is 44.2 Å². The van der Waals surface area contributed by atoms with Gasteiger partial charge in [0, 0.05) is 23.4 Å². The Morgan fingerprint density at radius 1 is 1.17 bits per heavy atom. The van der Waals surface area contributed by atoms with E-state index in [1.807, 2.05) is 43.3 Å². The molecule has 0 amide bonds. The van der Waals surface area contributed by atoms with E-state index in [2.05, 4.69) is 35.7 Å². The summed E-state index contributed by atoms with van der Waals surface area (Å²) < 4.78 is 27.9. The zero-order valence-corrected chi connectivity index (χ0v) is 18.3. The Hall–Kier alpha value is -2.49. The van der Waals surface area contributed by atoms with Crippen molar-refractivity contribution in [2.75, 3.05) is 0 Å². The molecule has 2 aliphatic rings. The monoisotopic (exact) mass is 421 g/mol. The van der Waals surface area contributed by atoms with Gasteiger partial charge in [-0.2, -0.15) is 5.26 Å². The number of nitrogens with zero attached hydrogens (tertiary/aromatic N) is 2. The minimum atomic E-state index is -3.24. The van der Waals surface area contributed by atoms with Gasteiger partial charge in [0.15, 0.2) is 0 Å². The summed E-state index contributed by atoms with van der Waals surface area (Å²) in [6.07, 6.45) is 6.67. The van der Waals surface area contributed by atoms with Crippen LogP contribution < -0.4 is 4.72 Å². The number of rotatable bonds is 3. The van der Waals surface area contributed by atoms with E-state index in [0.29, 0.717) is 17.4 Å². The lowest BCUT2D eigenvalue weighted by molar-refractivity contribution is 0.144. The number of aromatic nitrogens is 1. The molecular weight excluding hydrogens is 394 g/mol. The lowest BCUT2D eigenvalue weighted by atomic mass is 9.65. The summed E-state index contributed by atoms with van der Waals surface area (Å²) in [6, 6.07) is 13.6. The van der Waals surface area contributed by atoms with Gasteiger partial charge in [0.25, 0.3) is 0 Å². The molecule has 4 rings (SSSR count). The molecule has 0 bridgehead atoms. The zero-order valence-electron chi connectivity index (χ0n) is 17.5. The molecule has 0 spiro atoms. The molecule has 1 N–H and O–H groups in total. The van der Waals surface area contributed by atoms with Crippen LogP contribution >= 0.6 is 0 Å². The van der Waals surface area contributed by atoms with Crippen LogP contribution in [0.2, 0.25) is 0 Å². The van der Waals surface area contributed by atoms with Crippen LogP contribution in [0.25, 0.3) is 17.2 Å². The van der Waals surface area contributed by atoms with E-state index >= 15 is 0 Å². The fraction of sp³-hybridized carbons (Fsp3) is 0.417. The molecule has 30 heavy (non-hydrogen) atoms. The largest absolute Gasteiger partial charge is 0.256 e. The summed E-state index contributed by atoms with van der Waals surface area (Å²) in [5.41, 5.74) is 3.24. The van der Waals surface area contributed by atoms with E-state index in [4.69, 9.17) is 0 Å². The Bertz CT molecular complexity index is 1100. The number of allylic oxidation sites excluding steroid dienone is 1. The second kappa shape index (κ2) is 7.98. The first kappa shape index (κ1) is 20.8. The van der Waals surface area contributed by atoms with Crippen molar-refractivity contribution in [3.05, 3.63) is 59.9 Å². The van der Waals surface area contributed by atoms with Crippen molar-refractivity contribution in [1.29, 1.82) is 5.26 Å². The molecule has 1 aromatic heterocycles. The highest BCUT2D eigenvalue weighted by molar-refractivity contribution is 7.90. The molecule has 1 aliphatic heterocycles. The number of hydrogen-bond acceptors (Lipinski definition) is 4. The van der Waals surface area contributed by atoms with Crippen LogP contribution in [0.4, 0.5) is 0 Å². The van der Waals surface area contributed by atoms with Gasteiger partial charge in [0.05, 0.1) is 22.6 Å². The van der Waals surface area contributed by atoms with Crippen molar-refractivity contribution in [1.82, 2.24) is 9.71 Å². The lowest BCUT2D eigenvalue weighted by Crippen LogP contribution is -2.42. The van der Waals surface area contributed by atoms with Crippen molar-refractivity contribution in [2.45, 2.75) is 38.5 Å². The number of pyridine rings is 1. The maximum absolute atomic E-state index is 12.5. The van der Waals surface area contributed by atoms with Gasteiger partial charge in [0.2, 0.25) is 10.0 Å². The van der Waals surface area contributed by atoms with E-state index in [1.54, 1.807) is 12.3 Å². The summed E-state index contributed by atoms with van der Waals surface area (Å²) in [5.74, 6) is 1.01. The molecule has 1 saturated heterocycles. The highest BCUT2D eigenvalue weighted by atomic mass is 32.2. The van der Waals surface area contributed by atoms with Gasteiger partial charge in [-0.25, -0.2) is 13.1 Å². The average Bonchev–Trinajstić information content (AvgIpc) is 2.96. The fourth-order valence-corrected chi connectivity index (χ4v) is 7.38. The molecule has 2 heterocycles. The molecule has 2 fully saturated rings. The van der Waals surface area contributed by atoms with Crippen molar-refractivity contribution >= 4 is 16.1 Å². The molecule has 6 atom stereocenters. The van der Waals surface area contributed by atoms with Crippen LogP contribution in [0.1, 0.15) is 38.4 Å². The van der Waals surface area contributed by atoms with Gasteiger partial charge in [-0.15, -0.1) is 0 Å². The van der Waals surface area contributed by atoms with E-state index in [0.717, 1.165) is 23.2 Å². The average molecular weight is 422 g/mol. The Morgan fingerprint density at radius 3 is 2.63 bits per heavy atom. The quantitative estimate of drug-likeness (QED) is 0.804. The van der Waals surface area contributed by atoms with Crippen LogP contribution in [0, 0.1) is 35.0 Å². The minimum absolute atomic E-state index is 0.0533. The second-order valence-electron chi connectivity index (χ2n) is 8.71. The third kappa shape index (κ3) is 3.68. The smallest absolute Gasteiger partial charge is 0.215 e. The van der Waals surface area contributed by atoms with E-state index in [-0.39, 0.29) is 23.1 Å².